The molecule has 1 N–H and O–H groups in total. The quantitative estimate of drug-likeness (QED) is 0.897. The zero-order chi connectivity index (χ0) is 14.0. The molecule has 2 heteroatoms. The lowest BCUT2D eigenvalue weighted by molar-refractivity contribution is 0.111. The van der Waals surface area contributed by atoms with E-state index >= 15 is 0 Å². The van der Waals surface area contributed by atoms with Gasteiger partial charge in [-0.05, 0) is 55.4 Å². The Kier molecular flexibility index (Phi) is 2.75. The first kappa shape index (κ1) is 12.7. The fourth-order valence-electron chi connectivity index (χ4n) is 5.93. The van der Waals surface area contributed by atoms with Crippen molar-refractivity contribution in [2.24, 2.45) is 23.7 Å². The van der Waals surface area contributed by atoms with Crippen molar-refractivity contribution >= 4 is 0 Å². The number of nitrogens with zero attached hydrogens (tertiary/aromatic N) is 1. The highest BCUT2D eigenvalue weighted by Crippen LogP contribution is 2.67. The molecule has 6 atom stereocenters. The fourth-order valence-corrected chi connectivity index (χ4v) is 5.93. The lowest BCUT2D eigenvalue weighted by Gasteiger charge is -2.40. The van der Waals surface area contributed by atoms with Gasteiger partial charge in [-0.15, -0.1) is 0 Å². The summed E-state index contributed by atoms with van der Waals surface area (Å²) in [5.41, 5.74) is 1.46. The minimum atomic E-state index is 0.529. The fraction of sp³-hybridized carbons (Fsp3) is 0.684. The lowest BCUT2D eigenvalue weighted by Crippen LogP contribution is -2.53. The van der Waals surface area contributed by atoms with E-state index in [1.165, 1.54) is 24.9 Å². The van der Waals surface area contributed by atoms with Crippen molar-refractivity contribution in [2.75, 3.05) is 13.1 Å². The summed E-state index contributed by atoms with van der Waals surface area (Å²) in [6, 6.07) is 13.2. The molecule has 6 unspecified atom stereocenters. The molecule has 3 saturated carbocycles. The summed E-state index contributed by atoms with van der Waals surface area (Å²) in [4.78, 5) is 2.87. The van der Waals surface area contributed by atoms with Crippen LogP contribution in [-0.2, 0) is 0 Å². The molecule has 0 spiro atoms. The van der Waals surface area contributed by atoms with E-state index in [0.29, 0.717) is 12.1 Å². The predicted molar refractivity (Wildman–Crippen MR) is 85.0 cm³/mol. The second kappa shape index (κ2) is 4.57. The third-order valence-corrected chi connectivity index (χ3v) is 6.90. The van der Waals surface area contributed by atoms with Crippen molar-refractivity contribution < 1.29 is 0 Å². The monoisotopic (exact) mass is 282 g/mol. The Morgan fingerprint density at radius 2 is 1.76 bits per heavy atom. The summed E-state index contributed by atoms with van der Waals surface area (Å²) in [6.07, 6.45) is 4.63. The van der Waals surface area contributed by atoms with Crippen LogP contribution in [0.25, 0.3) is 0 Å². The van der Waals surface area contributed by atoms with Gasteiger partial charge < -0.3 is 5.32 Å². The second-order valence-corrected chi connectivity index (χ2v) is 7.90. The molecule has 0 amide bonds. The van der Waals surface area contributed by atoms with Crippen LogP contribution < -0.4 is 5.32 Å². The van der Waals surface area contributed by atoms with E-state index in [1.54, 1.807) is 6.42 Å². The smallest absolute Gasteiger partial charge is 0.0450 e. The Bertz CT molecular complexity index is 512. The van der Waals surface area contributed by atoms with Gasteiger partial charge in [-0.1, -0.05) is 30.3 Å². The number of piperazine rings is 1. The highest BCUT2D eigenvalue weighted by Gasteiger charge is 2.67. The molecular weight excluding hydrogens is 256 g/mol. The third-order valence-electron chi connectivity index (χ3n) is 6.90. The number of fused-ring (bicyclic) bond motifs is 5. The second-order valence-electron chi connectivity index (χ2n) is 7.90. The van der Waals surface area contributed by atoms with Gasteiger partial charge in [0.1, 0.15) is 0 Å². The molecule has 1 heterocycles. The number of nitrogens with one attached hydrogen (secondary N) is 1. The highest BCUT2D eigenvalue weighted by atomic mass is 15.3. The Morgan fingerprint density at radius 3 is 2.48 bits per heavy atom. The largest absolute Gasteiger partial charge is 0.307 e. The van der Waals surface area contributed by atoms with Gasteiger partial charge >= 0.3 is 0 Å². The van der Waals surface area contributed by atoms with E-state index in [1.807, 2.05) is 0 Å². The molecule has 4 aliphatic rings. The van der Waals surface area contributed by atoms with Gasteiger partial charge in [0, 0.05) is 31.2 Å². The van der Waals surface area contributed by atoms with Gasteiger partial charge in [0.15, 0.2) is 0 Å². The summed E-state index contributed by atoms with van der Waals surface area (Å²) in [7, 11) is 0. The Morgan fingerprint density at radius 1 is 1.05 bits per heavy atom. The SMILES string of the molecule is CC1CNC(c2ccccc2)CN1C1C2C3CCC(C3)C21. The Labute approximate surface area is 127 Å². The van der Waals surface area contributed by atoms with E-state index in [-0.39, 0.29) is 0 Å². The molecule has 1 saturated heterocycles. The number of rotatable bonds is 2. The van der Waals surface area contributed by atoms with E-state index < -0.39 is 0 Å². The predicted octanol–water partition coefficient (Wildman–Crippen LogP) is 3.07. The van der Waals surface area contributed by atoms with Crippen LogP contribution in [0.5, 0.6) is 0 Å². The average Bonchev–Trinajstić information content (AvgIpc) is 2.95. The zero-order valence-corrected chi connectivity index (χ0v) is 12.9. The lowest BCUT2D eigenvalue weighted by atomic mass is 9.99. The van der Waals surface area contributed by atoms with Crippen LogP contribution in [0, 0.1) is 23.7 Å². The van der Waals surface area contributed by atoms with Crippen molar-refractivity contribution in [1.29, 1.82) is 0 Å². The molecule has 4 fully saturated rings. The molecule has 21 heavy (non-hydrogen) atoms. The van der Waals surface area contributed by atoms with Crippen LogP contribution in [0.15, 0.2) is 30.3 Å². The van der Waals surface area contributed by atoms with Gasteiger partial charge in [0.05, 0.1) is 0 Å². The summed E-state index contributed by atoms with van der Waals surface area (Å²) in [6.45, 7) is 4.78. The van der Waals surface area contributed by atoms with Gasteiger partial charge in [-0.2, -0.15) is 0 Å². The molecule has 1 aromatic rings. The highest BCUT2D eigenvalue weighted by molar-refractivity contribution is 5.23. The molecule has 5 rings (SSSR count). The normalized spacial score (nSPS) is 48.3. The summed E-state index contributed by atoms with van der Waals surface area (Å²) in [5, 5.41) is 3.76. The maximum Gasteiger partial charge on any atom is 0.0450 e. The van der Waals surface area contributed by atoms with Crippen molar-refractivity contribution in [3.63, 3.8) is 0 Å². The van der Waals surface area contributed by atoms with Gasteiger partial charge in [0.25, 0.3) is 0 Å². The molecule has 2 nitrogen and oxygen atoms in total. The first-order chi connectivity index (χ1) is 10.3. The van der Waals surface area contributed by atoms with E-state index in [0.717, 1.165) is 36.3 Å². The Hall–Kier alpha value is -0.860. The Balaban J connectivity index is 1.35. The van der Waals surface area contributed by atoms with Crippen LogP contribution in [0.3, 0.4) is 0 Å². The topological polar surface area (TPSA) is 15.3 Å². The standard InChI is InChI=1S/C19H26N2/c1-12-10-20-16(13-5-3-2-4-6-13)11-21(12)19-17-14-7-8-15(9-14)18(17)19/h2-6,12,14-20H,7-11H2,1H3. The molecule has 1 aliphatic heterocycles. The van der Waals surface area contributed by atoms with Gasteiger partial charge in [0.2, 0.25) is 0 Å². The maximum absolute atomic E-state index is 3.76. The van der Waals surface area contributed by atoms with E-state index in [4.69, 9.17) is 0 Å². The summed E-state index contributed by atoms with van der Waals surface area (Å²) in [5.74, 6) is 4.31. The third kappa shape index (κ3) is 1.85. The number of benzene rings is 1. The zero-order valence-electron chi connectivity index (χ0n) is 12.9. The van der Waals surface area contributed by atoms with E-state index in [2.05, 4.69) is 47.5 Å². The minimum absolute atomic E-state index is 0.529. The van der Waals surface area contributed by atoms with Crippen LogP contribution in [0.2, 0.25) is 0 Å². The molecule has 0 aromatic heterocycles. The minimum Gasteiger partial charge on any atom is -0.307 e. The summed E-state index contributed by atoms with van der Waals surface area (Å²) < 4.78 is 0. The molecular formula is C19H26N2. The van der Waals surface area contributed by atoms with Crippen molar-refractivity contribution in [1.82, 2.24) is 10.2 Å². The van der Waals surface area contributed by atoms with Crippen LogP contribution in [0.4, 0.5) is 0 Å². The number of hydrogen-bond acceptors (Lipinski definition) is 2. The van der Waals surface area contributed by atoms with Gasteiger partial charge in [-0.3, -0.25) is 4.90 Å². The van der Waals surface area contributed by atoms with Crippen molar-refractivity contribution in [3.8, 4) is 0 Å². The van der Waals surface area contributed by atoms with Gasteiger partial charge in [-0.25, -0.2) is 0 Å². The van der Waals surface area contributed by atoms with Crippen LogP contribution in [0.1, 0.15) is 37.8 Å². The van der Waals surface area contributed by atoms with Crippen molar-refractivity contribution in [3.05, 3.63) is 35.9 Å². The molecule has 2 bridgehead atoms. The van der Waals surface area contributed by atoms with E-state index in [9.17, 15) is 0 Å². The van der Waals surface area contributed by atoms with Crippen LogP contribution in [-0.4, -0.2) is 30.1 Å². The van der Waals surface area contributed by atoms with Crippen LogP contribution >= 0.6 is 0 Å². The molecule has 1 aromatic carbocycles. The molecule has 112 valence electrons. The maximum atomic E-state index is 3.76. The number of hydrogen-bond donors (Lipinski definition) is 1. The first-order valence-electron chi connectivity index (χ1n) is 8.87. The summed E-state index contributed by atoms with van der Waals surface area (Å²) >= 11 is 0. The molecule has 3 aliphatic carbocycles. The van der Waals surface area contributed by atoms with Crippen molar-refractivity contribution in [2.45, 2.75) is 44.3 Å². The average molecular weight is 282 g/mol. The first-order valence-corrected chi connectivity index (χ1v) is 8.87. The molecule has 0 radical (unpaired) electrons.